The van der Waals surface area contributed by atoms with E-state index in [0.717, 1.165) is 11.1 Å². The van der Waals surface area contributed by atoms with E-state index in [1.807, 2.05) is 6.07 Å². The predicted octanol–water partition coefficient (Wildman–Crippen LogP) is -0.191. The highest BCUT2D eigenvalue weighted by atomic mass is 16.4. The van der Waals surface area contributed by atoms with Crippen LogP contribution in [-0.2, 0) is 23.3 Å². The van der Waals surface area contributed by atoms with Gasteiger partial charge in [-0.25, -0.2) is 4.79 Å². The Hall–Kier alpha value is -1.41. The number of hydrogen-bond acceptors (Lipinski definition) is 5. The van der Waals surface area contributed by atoms with Gasteiger partial charge < -0.3 is 26.6 Å². The highest BCUT2D eigenvalue weighted by molar-refractivity contribution is 6.40. The summed E-state index contributed by atoms with van der Waals surface area (Å²) >= 11 is 0. The van der Waals surface area contributed by atoms with Crippen LogP contribution >= 0.6 is 0 Å². The van der Waals surface area contributed by atoms with E-state index in [1.165, 1.54) is 0 Å². The number of benzene rings is 1. The zero-order valence-corrected chi connectivity index (χ0v) is 11.8. The van der Waals surface area contributed by atoms with E-state index in [0.29, 0.717) is 31.4 Å². The molecule has 0 bridgehead atoms. The Bertz CT molecular complexity index is 538. The smallest absolute Gasteiger partial charge is 0.451 e. The summed E-state index contributed by atoms with van der Waals surface area (Å²) in [6, 6.07) is 5.43. The molecule has 0 amide bonds. The van der Waals surface area contributed by atoms with Gasteiger partial charge in [-0.1, -0.05) is 24.6 Å². The third kappa shape index (κ3) is 2.82. The molecule has 0 spiro atoms. The molecule has 0 fully saturated rings. The number of nitrogens with two attached hydrogens (primary N) is 2. The van der Waals surface area contributed by atoms with Crippen molar-refractivity contribution in [3.05, 3.63) is 34.9 Å². The van der Waals surface area contributed by atoms with Crippen LogP contribution in [0.5, 0.6) is 0 Å². The fourth-order valence-electron chi connectivity index (χ4n) is 3.25. The summed E-state index contributed by atoms with van der Waals surface area (Å²) in [5, 5.41) is 27.4. The highest BCUT2D eigenvalue weighted by Gasteiger charge is 2.49. The molecule has 7 heteroatoms. The fraction of sp³-hybridized carbons (Fsp3) is 0.500. The predicted molar refractivity (Wildman–Crippen MR) is 79.3 cm³/mol. The summed E-state index contributed by atoms with van der Waals surface area (Å²) in [5.74, 6) is -1.32. The standard InChI is InChI=1S/C14H21BN2O4/c16-8-9-3-1-5-12-11(9)7-10(4-2-6-15(20)21)14(12,17)13(18)19/h1,3,5,10,20-21H,2,4,6-8,16-17H2,(H,18,19)/t10-,14+/m0/s1. The van der Waals surface area contributed by atoms with E-state index in [1.54, 1.807) is 12.1 Å². The van der Waals surface area contributed by atoms with Crippen LogP contribution in [-0.4, -0.2) is 28.2 Å². The van der Waals surface area contributed by atoms with Crippen molar-refractivity contribution in [2.75, 3.05) is 0 Å². The maximum absolute atomic E-state index is 11.7. The molecule has 6 nitrogen and oxygen atoms in total. The van der Waals surface area contributed by atoms with E-state index in [2.05, 4.69) is 0 Å². The summed E-state index contributed by atoms with van der Waals surface area (Å²) in [7, 11) is -1.37. The van der Waals surface area contributed by atoms with Gasteiger partial charge in [0, 0.05) is 6.54 Å². The minimum absolute atomic E-state index is 0.215. The van der Waals surface area contributed by atoms with Crippen molar-refractivity contribution < 1.29 is 19.9 Å². The SMILES string of the molecule is NCc1cccc2c1C[C@H](CCCB(O)O)[C@]2(N)C(=O)O. The highest BCUT2D eigenvalue weighted by Crippen LogP contribution is 2.43. The van der Waals surface area contributed by atoms with Crippen molar-refractivity contribution in [1.29, 1.82) is 0 Å². The summed E-state index contributed by atoms with van der Waals surface area (Å²) < 4.78 is 0. The second kappa shape index (κ2) is 6.15. The molecular formula is C14H21BN2O4. The third-order valence-corrected chi connectivity index (χ3v) is 4.40. The van der Waals surface area contributed by atoms with Gasteiger partial charge in [-0.15, -0.1) is 0 Å². The Labute approximate surface area is 123 Å². The van der Waals surface area contributed by atoms with Crippen molar-refractivity contribution in [2.24, 2.45) is 17.4 Å². The van der Waals surface area contributed by atoms with Crippen LogP contribution in [0.25, 0.3) is 0 Å². The van der Waals surface area contributed by atoms with Gasteiger partial charge in [0.2, 0.25) is 0 Å². The molecule has 0 aliphatic heterocycles. The largest absolute Gasteiger partial charge is 0.480 e. The van der Waals surface area contributed by atoms with Gasteiger partial charge in [-0.05, 0) is 41.8 Å². The fourth-order valence-corrected chi connectivity index (χ4v) is 3.25. The lowest BCUT2D eigenvalue weighted by molar-refractivity contribution is -0.145. The van der Waals surface area contributed by atoms with Crippen molar-refractivity contribution in [3.8, 4) is 0 Å². The maximum Gasteiger partial charge on any atom is 0.451 e. The van der Waals surface area contributed by atoms with Crippen LogP contribution in [0.3, 0.4) is 0 Å². The average molecular weight is 292 g/mol. The van der Waals surface area contributed by atoms with Gasteiger partial charge >= 0.3 is 13.1 Å². The number of aliphatic carboxylic acids is 1. The Balaban J connectivity index is 2.30. The average Bonchev–Trinajstić information content (AvgIpc) is 2.73. The van der Waals surface area contributed by atoms with Gasteiger partial charge in [0.15, 0.2) is 0 Å². The van der Waals surface area contributed by atoms with Crippen molar-refractivity contribution in [3.63, 3.8) is 0 Å². The number of rotatable bonds is 6. The molecule has 0 heterocycles. The zero-order valence-electron chi connectivity index (χ0n) is 11.8. The zero-order chi connectivity index (χ0) is 15.6. The molecule has 114 valence electrons. The van der Waals surface area contributed by atoms with Crippen LogP contribution in [0.15, 0.2) is 18.2 Å². The van der Waals surface area contributed by atoms with Crippen molar-refractivity contribution >= 4 is 13.1 Å². The Morgan fingerprint density at radius 2 is 2.14 bits per heavy atom. The Kier molecular flexibility index (Phi) is 4.68. The second-order valence-electron chi connectivity index (χ2n) is 5.63. The quantitative estimate of drug-likeness (QED) is 0.462. The molecule has 1 aromatic carbocycles. The Morgan fingerprint density at radius 1 is 1.43 bits per heavy atom. The topological polar surface area (TPSA) is 130 Å². The van der Waals surface area contributed by atoms with E-state index in [9.17, 15) is 9.90 Å². The van der Waals surface area contributed by atoms with E-state index in [-0.39, 0.29) is 12.2 Å². The minimum atomic E-state index is -1.43. The molecule has 0 aromatic heterocycles. The summed E-state index contributed by atoms with van der Waals surface area (Å²) in [5.41, 5.74) is 13.0. The Morgan fingerprint density at radius 3 is 2.71 bits per heavy atom. The van der Waals surface area contributed by atoms with Gasteiger partial charge in [-0.3, -0.25) is 0 Å². The summed E-state index contributed by atoms with van der Waals surface area (Å²) in [6.45, 7) is 0.348. The number of carboxylic acids is 1. The first kappa shape index (κ1) is 16.0. The molecule has 0 unspecified atom stereocenters. The van der Waals surface area contributed by atoms with Crippen molar-refractivity contribution in [1.82, 2.24) is 0 Å². The van der Waals surface area contributed by atoms with Crippen LogP contribution in [0.1, 0.15) is 29.5 Å². The number of carbonyl (C=O) groups is 1. The summed E-state index contributed by atoms with van der Waals surface area (Å²) in [6.07, 6.45) is 1.82. The van der Waals surface area contributed by atoms with E-state index in [4.69, 9.17) is 21.5 Å². The first-order valence-corrected chi connectivity index (χ1v) is 7.11. The second-order valence-corrected chi connectivity index (χ2v) is 5.63. The number of fused-ring (bicyclic) bond motifs is 1. The van der Waals surface area contributed by atoms with Crippen LogP contribution < -0.4 is 11.5 Å². The molecule has 0 saturated carbocycles. The normalized spacial score (nSPS) is 23.9. The molecule has 2 rings (SSSR count). The molecular weight excluding hydrogens is 271 g/mol. The lowest BCUT2D eigenvalue weighted by Gasteiger charge is -2.28. The van der Waals surface area contributed by atoms with Crippen LogP contribution in [0.2, 0.25) is 6.32 Å². The lowest BCUT2D eigenvalue weighted by atomic mass is 9.77. The molecule has 21 heavy (non-hydrogen) atoms. The molecule has 7 N–H and O–H groups in total. The third-order valence-electron chi connectivity index (χ3n) is 4.40. The van der Waals surface area contributed by atoms with Gasteiger partial charge in [0.05, 0.1) is 0 Å². The molecule has 1 aliphatic rings. The van der Waals surface area contributed by atoms with Gasteiger partial charge in [0.25, 0.3) is 0 Å². The molecule has 2 atom stereocenters. The number of carboxylic acid groups (broad SMARTS) is 1. The van der Waals surface area contributed by atoms with Gasteiger partial charge in [-0.2, -0.15) is 0 Å². The molecule has 0 radical (unpaired) electrons. The lowest BCUT2D eigenvalue weighted by Crippen LogP contribution is -2.48. The number of hydrogen-bond donors (Lipinski definition) is 5. The minimum Gasteiger partial charge on any atom is -0.480 e. The van der Waals surface area contributed by atoms with Crippen LogP contribution in [0.4, 0.5) is 0 Å². The monoisotopic (exact) mass is 292 g/mol. The molecule has 1 aliphatic carbocycles. The summed E-state index contributed by atoms with van der Waals surface area (Å²) in [4.78, 5) is 11.7. The molecule has 0 saturated heterocycles. The van der Waals surface area contributed by atoms with E-state index >= 15 is 0 Å². The van der Waals surface area contributed by atoms with Crippen molar-refractivity contribution in [2.45, 2.75) is 37.7 Å². The maximum atomic E-state index is 11.7. The molecule has 1 aromatic rings. The first-order valence-electron chi connectivity index (χ1n) is 7.11. The van der Waals surface area contributed by atoms with E-state index < -0.39 is 18.6 Å². The first-order chi connectivity index (χ1) is 9.91. The van der Waals surface area contributed by atoms with Gasteiger partial charge in [0.1, 0.15) is 5.54 Å². The van der Waals surface area contributed by atoms with Crippen LogP contribution in [0, 0.1) is 5.92 Å².